The van der Waals surface area contributed by atoms with Gasteiger partial charge in [-0.25, -0.2) is 0 Å². The van der Waals surface area contributed by atoms with Crippen LogP contribution in [-0.4, -0.2) is 63.2 Å². The minimum absolute atomic E-state index is 0. The highest BCUT2D eigenvalue weighted by Crippen LogP contribution is 2.21. The van der Waals surface area contributed by atoms with Crippen LogP contribution in [0.25, 0.3) is 0 Å². The molecular weight excluding hydrogens is 358 g/mol. The second kappa shape index (κ2) is 11.7. The molecule has 1 aliphatic rings. The van der Waals surface area contributed by atoms with Crippen molar-refractivity contribution in [3.8, 4) is 5.75 Å². The number of methoxy groups -OCH3 is 1. The van der Waals surface area contributed by atoms with Crippen LogP contribution in [0, 0.1) is 5.92 Å². The molecule has 146 valence electrons. The molecule has 2 amide bonds. The Morgan fingerprint density at radius 1 is 1.35 bits per heavy atom. The number of ether oxygens (including phenoxy) is 2. The maximum Gasteiger partial charge on any atom is 0.254 e. The van der Waals surface area contributed by atoms with Gasteiger partial charge >= 0.3 is 0 Å². The quantitative estimate of drug-likeness (QED) is 0.652. The average molecular weight is 386 g/mol. The number of likely N-dealkylation sites (tertiary alicyclic amines) is 1. The molecule has 3 N–H and O–H groups in total. The van der Waals surface area contributed by atoms with Crippen LogP contribution in [0.4, 0.5) is 0 Å². The van der Waals surface area contributed by atoms with Gasteiger partial charge in [0.15, 0.2) is 0 Å². The standard InChI is InChI=1S/C18H27N3O4.ClH/c1-24-10-11-25-16-6-2-4-14(12-16)18(23)21-9-3-5-15(13-21)17(22)20-8-7-19;/h2,4,6,12,15H,3,5,7-11,13,19H2,1H3,(H,20,22);1H. The smallest absolute Gasteiger partial charge is 0.254 e. The summed E-state index contributed by atoms with van der Waals surface area (Å²) in [7, 11) is 1.61. The van der Waals surface area contributed by atoms with Crippen LogP contribution in [0.15, 0.2) is 24.3 Å². The van der Waals surface area contributed by atoms with Crippen molar-refractivity contribution in [3.05, 3.63) is 29.8 Å². The first-order valence-corrected chi connectivity index (χ1v) is 8.64. The van der Waals surface area contributed by atoms with Gasteiger partial charge in [-0.05, 0) is 31.0 Å². The molecule has 0 aromatic heterocycles. The maximum atomic E-state index is 12.8. The van der Waals surface area contributed by atoms with Gasteiger partial charge in [0.05, 0.1) is 12.5 Å². The molecular formula is C18H28ClN3O4. The highest BCUT2D eigenvalue weighted by molar-refractivity contribution is 5.95. The number of piperidine rings is 1. The van der Waals surface area contributed by atoms with Gasteiger partial charge in [0.2, 0.25) is 5.91 Å². The normalized spacial score (nSPS) is 16.5. The van der Waals surface area contributed by atoms with Crippen molar-refractivity contribution >= 4 is 24.2 Å². The summed E-state index contributed by atoms with van der Waals surface area (Å²) in [4.78, 5) is 26.6. The van der Waals surface area contributed by atoms with E-state index in [2.05, 4.69) is 5.32 Å². The lowest BCUT2D eigenvalue weighted by molar-refractivity contribution is -0.126. The van der Waals surface area contributed by atoms with E-state index in [1.165, 1.54) is 0 Å². The first-order valence-electron chi connectivity index (χ1n) is 8.64. The topological polar surface area (TPSA) is 93.9 Å². The van der Waals surface area contributed by atoms with Gasteiger partial charge in [0, 0.05) is 38.9 Å². The molecule has 0 spiro atoms. The number of carbonyl (C=O) groups excluding carboxylic acids is 2. The lowest BCUT2D eigenvalue weighted by Crippen LogP contribution is -2.46. The molecule has 1 aromatic carbocycles. The molecule has 0 bridgehead atoms. The summed E-state index contributed by atoms with van der Waals surface area (Å²) in [6.45, 7) is 2.89. The number of halogens is 1. The van der Waals surface area contributed by atoms with E-state index in [9.17, 15) is 9.59 Å². The largest absolute Gasteiger partial charge is 0.491 e. The Kier molecular flexibility index (Phi) is 10.0. The molecule has 0 saturated carbocycles. The lowest BCUT2D eigenvalue weighted by Gasteiger charge is -2.32. The molecule has 2 rings (SSSR count). The Balaban J connectivity index is 0.00000338. The van der Waals surface area contributed by atoms with Crippen LogP contribution in [0.5, 0.6) is 5.75 Å². The average Bonchev–Trinajstić information content (AvgIpc) is 2.66. The molecule has 26 heavy (non-hydrogen) atoms. The summed E-state index contributed by atoms with van der Waals surface area (Å²) in [6.07, 6.45) is 1.61. The zero-order chi connectivity index (χ0) is 18.1. The van der Waals surface area contributed by atoms with Crippen LogP contribution in [-0.2, 0) is 9.53 Å². The number of nitrogens with one attached hydrogen (secondary N) is 1. The molecule has 7 nitrogen and oxygen atoms in total. The molecule has 1 atom stereocenters. The number of rotatable bonds is 8. The van der Waals surface area contributed by atoms with E-state index in [1.54, 1.807) is 30.2 Å². The van der Waals surface area contributed by atoms with E-state index in [1.807, 2.05) is 6.07 Å². The summed E-state index contributed by atoms with van der Waals surface area (Å²) in [5, 5.41) is 2.81. The van der Waals surface area contributed by atoms with Gasteiger partial charge in [-0.2, -0.15) is 0 Å². The third-order valence-corrected chi connectivity index (χ3v) is 4.16. The number of nitrogens with two attached hydrogens (primary N) is 1. The molecule has 1 aromatic rings. The molecule has 0 radical (unpaired) electrons. The summed E-state index contributed by atoms with van der Waals surface area (Å²) >= 11 is 0. The summed E-state index contributed by atoms with van der Waals surface area (Å²) < 4.78 is 10.5. The van der Waals surface area contributed by atoms with E-state index in [0.717, 1.165) is 12.8 Å². The molecule has 1 saturated heterocycles. The fourth-order valence-electron chi connectivity index (χ4n) is 2.86. The third kappa shape index (κ3) is 6.48. The molecule has 0 aliphatic carbocycles. The fraction of sp³-hybridized carbons (Fsp3) is 0.556. The number of carbonyl (C=O) groups is 2. The predicted molar refractivity (Wildman–Crippen MR) is 102 cm³/mol. The molecule has 1 unspecified atom stereocenters. The van der Waals surface area contributed by atoms with Crippen LogP contribution in [0.3, 0.4) is 0 Å². The fourth-order valence-corrected chi connectivity index (χ4v) is 2.86. The zero-order valence-corrected chi connectivity index (χ0v) is 15.9. The van der Waals surface area contributed by atoms with Crippen molar-refractivity contribution in [2.24, 2.45) is 11.7 Å². The molecule has 1 fully saturated rings. The predicted octanol–water partition coefficient (Wildman–Crippen LogP) is 1.06. The van der Waals surface area contributed by atoms with Crippen LogP contribution >= 0.6 is 12.4 Å². The highest BCUT2D eigenvalue weighted by Gasteiger charge is 2.28. The first kappa shape index (κ1) is 22.2. The number of hydrogen-bond acceptors (Lipinski definition) is 5. The van der Waals surface area contributed by atoms with Crippen molar-refractivity contribution in [2.45, 2.75) is 12.8 Å². The third-order valence-electron chi connectivity index (χ3n) is 4.16. The van der Waals surface area contributed by atoms with E-state index in [4.69, 9.17) is 15.2 Å². The van der Waals surface area contributed by atoms with Crippen LogP contribution in [0.2, 0.25) is 0 Å². The Labute approximate surface area is 160 Å². The lowest BCUT2D eigenvalue weighted by atomic mass is 9.96. The number of hydrogen-bond donors (Lipinski definition) is 2. The van der Waals surface area contributed by atoms with E-state index in [0.29, 0.717) is 50.7 Å². The van der Waals surface area contributed by atoms with Crippen LogP contribution < -0.4 is 15.8 Å². The number of amides is 2. The minimum Gasteiger partial charge on any atom is -0.491 e. The SMILES string of the molecule is COCCOc1cccc(C(=O)N2CCCC(C(=O)NCCN)C2)c1.Cl. The van der Waals surface area contributed by atoms with Crippen molar-refractivity contribution < 1.29 is 19.1 Å². The summed E-state index contributed by atoms with van der Waals surface area (Å²) in [5.74, 6) is 0.357. The molecule has 1 aliphatic heterocycles. The number of nitrogens with zero attached hydrogens (tertiary/aromatic N) is 1. The van der Waals surface area contributed by atoms with Gasteiger partial charge < -0.3 is 25.4 Å². The number of benzene rings is 1. The van der Waals surface area contributed by atoms with Crippen molar-refractivity contribution in [1.29, 1.82) is 0 Å². The van der Waals surface area contributed by atoms with Gasteiger partial charge in [-0.15, -0.1) is 12.4 Å². The Hall–Kier alpha value is -1.83. The Morgan fingerprint density at radius 3 is 2.88 bits per heavy atom. The monoisotopic (exact) mass is 385 g/mol. The van der Waals surface area contributed by atoms with E-state index in [-0.39, 0.29) is 30.1 Å². The second-order valence-electron chi connectivity index (χ2n) is 6.04. The second-order valence-corrected chi connectivity index (χ2v) is 6.04. The van der Waals surface area contributed by atoms with Crippen LogP contribution in [0.1, 0.15) is 23.2 Å². The summed E-state index contributed by atoms with van der Waals surface area (Å²) in [6, 6.07) is 7.11. The zero-order valence-electron chi connectivity index (χ0n) is 15.1. The van der Waals surface area contributed by atoms with Crippen molar-refractivity contribution in [3.63, 3.8) is 0 Å². The van der Waals surface area contributed by atoms with Gasteiger partial charge in [-0.1, -0.05) is 6.07 Å². The Morgan fingerprint density at radius 2 is 2.15 bits per heavy atom. The van der Waals surface area contributed by atoms with Gasteiger partial charge in [-0.3, -0.25) is 9.59 Å². The minimum atomic E-state index is -0.176. The van der Waals surface area contributed by atoms with Crippen molar-refractivity contribution in [2.75, 3.05) is 46.5 Å². The van der Waals surface area contributed by atoms with Crippen molar-refractivity contribution in [1.82, 2.24) is 10.2 Å². The summed E-state index contributed by atoms with van der Waals surface area (Å²) in [5.41, 5.74) is 5.98. The maximum absolute atomic E-state index is 12.8. The van der Waals surface area contributed by atoms with Gasteiger partial charge in [0.1, 0.15) is 12.4 Å². The molecule has 1 heterocycles. The first-order chi connectivity index (χ1) is 12.2. The van der Waals surface area contributed by atoms with Gasteiger partial charge in [0.25, 0.3) is 5.91 Å². The van der Waals surface area contributed by atoms with E-state index < -0.39 is 0 Å². The van der Waals surface area contributed by atoms with E-state index >= 15 is 0 Å². The Bertz CT molecular complexity index is 585. The highest BCUT2D eigenvalue weighted by atomic mass is 35.5. The molecule has 8 heteroatoms.